The van der Waals surface area contributed by atoms with Crippen molar-refractivity contribution in [3.8, 4) is 17.2 Å². The van der Waals surface area contributed by atoms with Crippen molar-refractivity contribution in [2.45, 2.75) is 26.0 Å². The quantitative estimate of drug-likeness (QED) is 0.720. The first-order chi connectivity index (χ1) is 14.1. The van der Waals surface area contributed by atoms with E-state index >= 15 is 0 Å². The number of carbonyl (C=O) groups is 1. The SMILES string of the molecule is CC[C@@H](Oc1cccc(Cl)c1)C(=O)N1CCN(Cc2ccc3c(c2)OCO3)CC1. The molecule has 2 aromatic carbocycles. The second-order valence-electron chi connectivity index (χ2n) is 7.26. The molecule has 154 valence electrons. The van der Waals surface area contributed by atoms with Crippen LogP contribution in [0.5, 0.6) is 17.2 Å². The van der Waals surface area contributed by atoms with Crippen molar-refractivity contribution in [2.24, 2.45) is 0 Å². The summed E-state index contributed by atoms with van der Waals surface area (Å²) in [6, 6.07) is 13.2. The van der Waals surface area contributed by atoms with Crippen LogP contribution in [0.1, 0.15) is 18.9 Å². The van der Waals surface area contributed by atoms with Crippen LogP contribution in [0.2, 0.25) is 5.02 Å². The Bertz CT molecular complexity index is 868. The fourth-order valence-corrected chi connectivity index (χ4v) is 3.82. The summed E-state index contributed by atoms with van der Waals surface area (Å²) >= 11 is 6.02. The molecular weight excluding hydrogens is 392 g/mol. The zero-order valence-electron chi connectivity index (χ0n) is 16.5. The molecule has 2 aromatic rings. The van der Waals surface area contributed by atoms with E-state index in [4.69, 9.17) is 25.8 Å². The number of ether oxygens (including phenoxy) is 3. The molecule has 29 heavy (non-hydrogen) atoms. The van der Waals surface area contributed by atoms with Crippen molar-refractivity contribution in [1.82, 2.24) is 9.80 Å². The largest absolute Gasteiger partial charge is 0.481 e. The van der Waals surface area contributed by atoms with Crippen molar-refractivity contribution in [3.63, 3.8) is 0 Å². The lowest BCUT2D eigenvalue weighted by atomic mass is 10.1. The lowest BCUT2D eigenvalue weighted by Crippen LogP contribution is -2.52. The predicted octanol–water partition coefficient (Wildman–Crippen LogP) is 3.57. The number of hydrogen-bond acceptors (Lipinski definition) is 5. The van der Waals surface area contributed by atoms with Gasteiger partial charge in [0.05, 0.1) is 0 Å². The van der Waals surface area contributed by atoms with Crippen LogP contribution in [0.3, 0.4) is 0 Å². The van der Waals surface area contributed by atoms with Gasteiger partial charge in [0.15, 0.2) is 17.6 Å². The Morgan fingerprint density at radius 3 is 2.66 bits per heavy atom. The second kappa shape index (κ2) is 8.93. The number of hydrogen-bond donors (Lipinski definition) is 0. The normalized spacial score (nSPS) is 17.2. The van der Waals surface area contributed by atoms with E-state index in [9.17, 15) is 4.79 Å². The number of piperazine rings is 1. The summed E-state index contributed by atoms with van der Waals surface area (Å²) in [5.74, 6) is 2.27. The summed E-state index contributed by atoms with van der Waals surface area (Å²) < 4.78 is 16.7. The smallest absolute Gasteiger partial charge is 0.263 e. The molecule has 0 aromatic heterocycles. The minimum Gasteiger partial charge on any atom is -0.481 e. The first-order valence-electron chi connectivity index (χ1n) is 9.94. The number of amides is 1. The van der Waals surface area contributed by atoms with Crippen molar-refractivity contribution in [2.75, 3.05) is 33.0 Å². The first kappa shape index (κ1) is 19.9. The number of carbonyl (C=O) groups excluding carboxylic acids is 1. The van der Waals surface area contributed by atoms with Gasteiger partial charge in [0.2, 0.25) is 6.79 Å². The topological polar surface area (TPSA) is 51.2 Å². The lowest BCUT2D eigenvalue weighted by molar-refractivity contribution is -0.140. The monoisotopic (exact) mass is 416 g/mol. The molecule has 0 aliphatic carbocycles. The van der Waals surface area contributed by atoms with Gasteiger partial charge in [0, 0.05) is 37.7 Å². The average Bonchev–Trinajstić information content (AvgIpc) is 3.20. The van der Waals surface area contributed by atoms with Crippen LogP contribution in [-0.2, 0) is 11.3 Å². The Balaban J connectivity index is 1.30. The molecule has 1 amide bonds. The van der Waals surface area contributed by atoms with Crippen molar-refractivity contribution in [3.05, 3.63) is 53.1 Å². The van der Waals surface area contributed by atoms with Crippen molar-refractivity contribution < 1.29 is 19.0 Å². The molecule has 0 radical (unpaired) electrons. The van der Waals surface area contributed by atoms with Crippen LogP contribution >= 0.6 is 11.6 Å². The maximum Gasteiger partial charge on any atom is 0.263 e. The Morgan fingerprint density at radius 1 is 1.10 bits per heavy atom. The molecule has 2 heterocycles. The zero-order chi connectivity index (χ0) is 20.2. The van der Waals surface area contributed by atoms with Crippen LogP contribution in [0, 0.1) is 0 Å². The Morgan fingerprint density at radius 2 is 1.90 bits per heavy atom. The van der Waals surface area contributed by atoms with Gasteiger partial charge < -0.3 is 19.1 Å². The third-order valence-corrected chi connectivity index (χ3v) is 5.48. The van der Waals surface area contributed by atoms with E-state index in [0.717, 1.165) is 31.1 Å². The van der Waals surface area contributed by atoms with E-state index < -0.39 is 6.10 Å². The van der Waals surface area contributed by atoms with E-state index in [-0.39, 0.29) is 12.7 Å². The molecule has 6 nitrogen and oxygen atoms in total. The fraction of sp³-hybridized carbons (Fsp3) is 0.409. The van der Waals surface area contributed by atoms with Crippen molar-refractivity contribution >= 4 is 17.5 Å². The molecule has 4 rings (SSSR count). The van der Waals surface area contributed by atoms with Crippen molar-refractivity contribution in [1.29, 1.82) is 0 Å². The molecule has 7 heteroatoms. The van der Waals surface area contributed by atoms with Gasteiger partial charge in [-0.25, -0.2) is 0 Å². The predicted molar refractivity (Wildman–Crippen MR) is 111 cm³/mol. The summed E-state index contributed by atoms with van der Waals surface area (Å²) in [4.78, 5) is 17.2. The van der Waals surface area contributed by atoms with E-state index in [2.05, 4.69) is 11.0 Å². The number of benzene rings is 2. The van der Waals surface area contributed by atoms with E-state index in [1.807, 2.05) is 36.1 Å². The molecule has 0 bridgehead atoms. The minimum atomic E-state index is -0.492. The molecular formula is C22H25ClN2O4. The van der Waals surface area contributed by atoms with Crippen LogP contribution in [0.15, 0.2) is 42.5 Å². The third-order valence-electron chi connectivity index (χ3n) is 5.25. The molecule has 0 unspecified atom stereocenters. The van der Waals surface area contributed by atoms with Crippen LogP contribution in [0.25, 0.3) is 0 Å². The summed E-state index contributed by atoms with van der Waals surface area (Å²) in [7, 11) is 0. The molecule has 0 N–H and O–H groups in total. The highest BCUT2D eigenvalue weighted by molar-refractivity contribution is 6.30. The highest BCUT2D eigenvalue weighted by Crippen LogP contribution is 2.32. The fourth-order valence-electron chi connectivity index (χ4n) is 3.64. The molecule has 0 saturated carbocycles. The standard InChI is InChI=1S/C22H25ClN2O4/c1-2-19(29-18-5-3-4-17(23)13-18)22(26)25-10-8-24(9-11-25)14-16-6-7-20-21(12-16)28-15-27-20/h3-7,12-13,19H,2,8-11,14-15H2,1H3/t19-/m1/s1. The van der Waals surface area contributed by atoms with Gasteiger partial charge >= 0.3 is 0 Å². The minimum absolute atomic E-state index is 0.0372. The Labute approximate surface area is 175 Å². The van der Waals surface area contributed by atoms with Gasteiger partial charge in [-0.15, -0.1) is 0 Å². The second-order valence-corrected chi connectivity index (χ2v) is 7.70. The number of rotatable bonds is 6. The van der Waals surface area contributed by atoms with Gasteiger partial charge in [-0.3, -0.25) is 9.69 Å². The maximum atomic E-state index is 12.9. The molecule has 1 atom stereocenters. The molecule has 1 fully saturated rings. The van der Waals surface area contributed by atoms with Crippen LogP contribution < -0.4 is 14.2 Å². The summed E-state index contributed by atoms with van der Waals surface area (Å²) in [5.41, 5.74) is 1.18. The van der Waals surface area contributed by atoms with Gasteiger partial charge in [-0.05, 0) is 42.3 Å². The highest BCUT2D eigenvalue weighted by atomic mass is 35.5. The molecule has 2 aliphatic rings. The van der Waals surface area contributed by atoms with Gasteiger partial charge in [0.25, 0.3) is 5.91 Å². The zero-order valence-corrected chi connectivity index (χ0v) is 17.2. The highest BCUT2D eigenvalue weighted by Gasteiger charge is 2.28. The summed E-state index contributed by atoms with van der Waals surface area (Å²) in [6.07, 6.45) is 0.122. The van der Waals surface area contributed by atoms with E-state index in [0.29, 0.717) is 30.3 Å². The van der Waals surface area contributed by atoms with Gasteiger partial charge in [-0.1, -0.05) is 30.7 Å². The molecule has 2 aliphatic heterocycles. The third kappa shape index (κ3) is 4.77. The summed E-state index contributed by atoms with van der Waals surface area (Å²) in [6.45, 7) is 6.12. The molecule has 0 spiro atoms. The number of nitrogens with zero attached hydrogens (tertiary/aromatic N) is 2. The van der Waals surface area contributed by atoms with Gasteiger partial charge in [0.1, 0.15) is 5.75 Å². The van der Waals surface area contributed by atoms with E-state index in [1.165, 1.54) is 5.56 Å². The number of fused-ring (bicyclic) bond motifs is 1. The maximum absolute atomic E-state index is 12.9. The van der Waals surface area contributed by atoms with Crippen LogP contribution in [-0.4, -0.2) is 54.8 Å². The Kier molecular flexibility index (Phi) is 6.11. The molecule has 1 saturated heterocycles. The van der Waals surface area contributed by atoms with Crippen LogP contribution in [0.4, 0.5) is 0 Å². The summed E-state index contributed by atoms with van der Waals surface area (Å²) in [5, 5.41) is 0.599. The van der Waals surface area contributed by atoms with Gasteiger partial charge in [-0.2, -0.15) is 0 Å². The lowest BCUT2D eigenvalue weighted by Gasteiger charge is -2.36. The average molecular weight is 417 g/mol. The van der Waals surface area contributed by atoms with E-state index in [1.54, 1.807) is 12.1 Å². The number of halogens is 1. The first-order valence-corrected chi connectivity index (χ1v) is 10.3. The Hall–Kier alpha value is -2.44.